The van der Waals surface area contributed by atoms with E-state index in [-0.39, 0.29) is 18.6 Å². The molecule has 104 valence electrons. The lowest BCUT2D eigenvalue weighted by Crippen LogP contribution is -2.34. The van der Waals surface area contributed by atoms with Gasteiger partial charge in [0.05, 0.1) is 6.04 Å². The number of benzene rings is 1. The number of carbonyl (C=O) groups is 1. The Morgan fingerprint density at radius 1 is 1.25 bits per heavy atom. The molecule has 1 aromatic carbocycles. The van der Waals surface area contributed by atoms with Crippen LogP contribution in [0.15, 0.2) is 48.7 Å². The number of amides is 1. The van der Waals surface area contributed by atoms with Crippen molar-refractivity contribution in [1.82, 2.24) is 9.88 Å². The molecular formula is C16H18N2O2. The molecular weight excluding hydrogens is 252 g/mol. The maximum Gasteiger partial charge on any atom is 0.261 e. The average molecular weight is 270 g/mol. The quantitative estimate of drug-likeness (QED) is 0.928. The molecule has 1 saturated heterocycles. The summed E-state index contributed by atoms with van der Waals surface area (Å²) in [6.45, 7) is 0.905. The van der Waals surface area contributed by atoms with Crippen LogP contribution in [0.3, 0.4) is 0 Å². The highest BCUT2D eigenvalue weighted by Gasteiger charge is 2.30. The van der Waals surface area contributed by atoms with Crippen LogP contribution in [0.25, 0.3) is 0 Å². The van der Waals surface area contributed by atoms with Crippen LogP contribution < -0.4 is 4.74 Å². The van der Waals surface area contributed by atoms with E-state index < -0.39 is 0 Å². The molecule has 1 N–H and O–H groups in total. The minimum Gasteiger partial charge on any atom is -0.484 e. The third-order valence-corrected chi connectivity index (χ3v) is 3.66. The second-order valence-electron chi connectivity index (χ2n) is 4.97. The summed E-state index contributed by atoms with van der Waals surface area (Å²) in [6.07, 6.45) is 3.95. The molecule has 1 aliphatic heterocycles. The molecule has 0 spiro atoms. The lowest BCUT2D eigenvalue weighted by molar-refractivity contribution is -0.134. The number of hydrogen-bond acceptors (Lipinski definition) is 2. The van der Waals surface area contributed by atoms with Crippen LogP contribution >= 0.6 is 0 Å². The summed E-state index contributed by atoms with van der Waals surface area (Å²) in [5.74, 6) is 0.780. The van der Waals surface area contributed by atoms with Crippen LogP contribution in [0.4, 0.5) is 0 Å². The molecule has 0 radical (unpaired) electrons. The fraction of sp³-hybridized carbons (Fsp3) is 0.312. The van der Waals surface area contributed by atoms with Crippen molar-refractivity contribution in [3.05, 3.63) is 54.4 Å². The number of nitrogens with zero attached hydrogens (tertiary/aromatic N) is 1. The van der Waals surface area contributed by atoms with Gasteiger partial charge in [0.15, 0.2) is 6.61 Å². The van der Waals surface area contributed by atoms with Crippen molar-refractivity contribution in [3.8, 4) is 5.75 Å². The van der Waals surface area contributed by atoms with Crippen LogP contribution in [-0.4, -0.2) is 28.9 Å². The molecule has 2 aromatic rings. The summed E-state index contributed by atoms with van der Waals surface area (Å²) in [5.41, 5.74) is 1.11. The molecule has 4 nitrogen and oxygen atoms in total. The van der Waals surface area contributed by atoms with E-state index >= 15 is 0 Å². The van der Waals surface area contributed by atoms with Crippen LogP contribution in [-0.2, 0) is 4.79 Å². The number of rotatable bonds is 4. The molecule has 1 fully saturated rings. The van der Waals surface area contributed by atoms with Gasteiger partial charge in [-0.2, -0.15) is 0 Å². The SMILES string of the molecule is O=C(COc1ccccc1)N1CCC[C@@H]1c1ccc[nH]1. The fourth-order valence-corrected chi connectivity index (χ4v) is 2.68. The zero-order valence-electron chi connectivity index (χ0n) is 11.3. The molecule has 1 atom stereocenters. The highest BCUT2D eigenvalue weighted by molar-refractivity contribution is 5.78. The van der Waals surface area contributed by atoms with Gasteiger partial charge in [-0.25, -0.2) is 0 Å². The van der Waals surface area contributed by atoms with Gasteiger partial charge >= 0.3 is 0 Å². The predicted molar refractivity (Wildman–Crippen MR) is 76.4 cm³/mol. The minimum absolute atomic E-state index is 0.0472. The van der Waals surface area contributed by atoms with Gasteiger partial charge in [-0.3, -0.25) is 4.79 Å². The van der Waals surface area contributed by atoms with Gasteiger partial charge in [-0.1, -0.05) is 18.2 Å². The number of para-hydroxylation sites is 1. The van der Waals surface area contributed by atoms with E-state index in [9.17, 15) is 4.79 Å². The average Bonchev–Trinajstić information content (AvgIpc) is 3.15. The number of ether oxygens (including phenoxy) is 1. The zero-order valence-corrected chi connectivity index (χ0v) is 11.3. The Hall–Kier alpha value is -2.23. The van der Waals surface area contributed by atoms with Gasteiger partial charge in [-0.15, -0.1) is 0 Å². The van der Waals surface area contributed by atoms with E-state index in [1.54, 1.807) is 0 Å². The van der Waals surface area contributed by atoms with Gasteiger partial charge < -0.3 is 14.6 Å². The van der Waals surface area contributed by atoms with Crippen LogP contribution in [0.1, 0.15) is 24.6 Å². The molecule has 1 amide bonds. The lowest BCUT2D eigenvalue weighted by atomic mass is 10.1. The van der Waals surface area contributed by atoms with E-state index in [2.05, 4.69) is 4.98 Å². The Bertz CT molecular complexity index is 551. The van der Waals surface area contributed by atoms with Gasteiger partial charge in [0.2, 0.25) is 0 Å². The number of likely N-dealkylation sites (tertiary alicyclic amines) is 1. The molecule has 20 heavy (non-hydrogen) atoms. The highest BCUT2D eigenvalue weighted by atomic mass is 16.5. The number of nitrogens with one attached hydrogen (secondary N) is 1. The Labute approximate surface area is 118 Å². The van der Waals surface area contributed by atoms with Crippen LogP contribution in [0.5, 0.6) is 5.75 Å². The maximum atomic E-state index is 12.3. The standard InChI is InChI=1S/C16H18N2O2/c19-16(12-20-13-6-2-1-3-7-13)18-11-5-9-15(18)14-8-4-10-17-14/h1-4,6-8,10,15,17H,5,9,11-12H2/t15-/m1/s1. The molecule has 0 bridgehead atoms. The Kier molecular flexibility index (Phi) is 3.72. The van der Waals surface area contributed by atoms with Crippen molar-refractivity contribution in [2.24, 2.45) is 0 Å². The van der Waals surface area contributed by atoms with Crippen LogP contribution in [0.2, 0.25) is 0 Å². The molecule has 0 saturated carbocycles. The molecule has 3 rings (SSSR count). The molecule has 1 aromatic heterocycles. The largest absolute Gasteiger partial charge is 0.484 e. The summed E-state index contributed by atoms with van der Waals surface area (Å²) < 4.78 is 5.54. The van der Waals surface area contributed by atoms with E-state index in [4.69, 9.17) is 4.74 Å². The first-order valence-electron chi connectivity index (χ1n) is 6.95. The Morgan fingerprint density at radius 3 is 2.85 bits per heavy atom. The second kappa shape index (κ2) is 5.82. The van der Waals surface area contributed by atoms with E-state index in [1.165, 1.54) is 0 Å². The number of carbonyl (C=O) groups excluding carboxylic acids is 1. The monoisotopic (exact) mass is 270 g/mol. The summed E-state index contributed by atoms with van der Waals surface area (Å²) in [4.78, 5) is 17.4. The first kappa shape index (κ1) is 12.8. The highest BCUT2D eigenvalue weighted by Crippen LogP contribution is 2.30. The van der Waals surface area contributed by atoms with Crippen molar-refractivity contribution in [1.29, 1.82) is 0 Å². The Balaban J connectivity index is 1.62. The smallest absolute Gasteiger partial charge is 0.261 e. The number of hydrogen-bond donors (Lipinski definition) is 1. The number of H-pyrrole nitrogens is 1. The first-order chi connectivity index (χ1) is 9.84. The molecule has 1 aliphatic rings. The maximum absolute atomic E-state index is 12.3. The summed E-state index contributed by atoms with van der Waals surface area (Å²) >= 11 is 0. The Morgan fingerprint density at radius 2 is 2.10 bits per heavy atom. The molecule has 4 heteroatoms. The zero-order chi connectivity index (χ0) is 13.8. The summed E-state index contributed by atoms with van der Waals surface area (Å²) in [6, 6.07) is 13.6. The topological polar surface area (TPSA) is 45.3 Å². The van der Waals surface area contributed by atoms with Crippen molar-refractivity contribution in [2.75, 3.05) is 13.2 Å². The van der Waals surface area contributed by atoms with Crippen molar-refractivity contribution in [3.63, 3.8) is 0 Å². The summed E-state index contributed by atoms with van der Waals surface area (Å²) in [7, 11) is 0. The van der Waals surface area contributed by atoms with Crippen LogP contribution in [0, 0.1) is 0 Å². The number of aromatic nitrogens is 1. The minimum atomic E-state index is 0.0472. The molecule has 0 unspecified atom stereocenters. The van der Waals surface area contributed by atoms with Crippen molar-refractivity contribution >= 4 is 5.91 Å². The number of aromatic amines is 1. The second-order valence-corrected chi connectivity index (χ2v) is 4.97. The van der Waals surface area contributed by atoms with Gasteiger partial charge in [0, 0.05) is 18.4 Å². The van der Waals surface area contributed by atoms with Crippen molar-refractivity contribution < 1.29 is 9.53 Å². The van der Waals surface area contributed by atoms with Crippen molar-refractivity contribution in [2.45, 2.75) is 18.9 Å². The van der Waals surface area contributed by atoms with E-state index in [0.29, 0.717) is 0 Å². The normalized spacial score (nSPS) is 18.2. The fourth-order valence-electron chi connectivity index (χ4n) is 2.68. The van der Waals surface area contributed by atoms with E-state index in [0.717, 1.165) is 30.8 Å². The third-order valence-electron chi connectivity index (χ3n) is 3.66. The van der Waals surface area contributed by atoms with Gasteiger partial charge in [-0.05, 0) is 37.1 Å². The predicted octanol–water partition coefficient (Wildman–Crippen LogP) is 2.76. The molecule has 2 heterocycles. The van der Waals surface area contributed by atoms with Gasteiger partial charge in [0.25, 0.3) is 5.91 Å². The molecule has 0 aliphatic carbocycles. The van der Waals surface area contributed by atoms with Gasteiger partial charge in [0.1, 0.15) is 5.75 Å². The summed E-state index contributed by atoms with van der Waals surface area (Å²) in [5, 5.41) is 0. The lowest BCUT2D eigenvalue weighted by Gasteiger charge is -2.24. The van der Waals surface area contributed by atoms with E-state index in [1.807, 2.05) is 53.6 Å². The first-order valence-corrected chi connectivity index (χ1v) is 6.95. The third kappa shape index (κ3) is 2.69.